The molecule has 0 saturated heterocycles. The Morgan fingerprint density at radius 1 is 1.00 bits per heavy atom. The van der Waals surface area contributed by atoms with Gasteiger partial charge in [-0.2, -0.15) is 0 Å². The molecule has 0 spiro atoms. The topological polar surface area (TPSA) is 47.0 Å². The maximum absolute atomic E-state index is 5.21. The largest absolute Gasteiger partial charge is 0.497 e. The number of rotatable bonds is 5. The van der Waals surface area contributed by atoms with Crippen LogP contribution in [0.1, 0.15) is 13.8 Å². The Labute approximate surface area is 136 Å². The van der Waals surface area contributed by atoms with E-state index < -0.39 is 0 Å². The van der Waals surface area contributed by atoms with Crippen molar-refractivity contribution in [2.45, 2.75) is 13.8 Å². The monoisotopic (exact) mass is 307 g/mol. The van der Waals surface area contributed by atoms with Gasteiger partial charge in [-0.3, -0.25) is 0 Å². The minimum absolute atomic E-state index is 0.549. The SMILES string of the molecule is COc1ccc(-c2nc(NCC(C)C)c3ccccc3n2)cc1. The van der Waals surface area contributed by atoms with E-state index in [1.807, 2.05) is 42.5 Å². The summed E-state index contributed by atoms with van der Waals surface area (Å²) in [6.07, 6.45) is 0. The predicted molar refractivity (Wildman–Crippen MR) is 94.9 cm³/mol. The van der Waals surface area contributed by atoms with Crippen LogP contribution in [-0.2, 0) is 0 Å². The molecule has 4 nitrogen and oxygen atoms in total. The molecule has 0 atom stereocenters. The van der Waals surface area contributed by atoms with Gasteiger partial charge >= 0.3 is 0 Å². The van der Waals surface area contributed by atoms with Crippen molar-refractivity contribution in [1.82, 2.24) is 9.97 Å². The second kappa shape index (κ2) is 6.65. The lowest BCUT2D eigenvalue weighted by Gasteiger charge is -2.12. The molecule has 1 aromatic heterocycles. The van der Waals surface area contributed by atoms with Crippen LogP contribution in [0.25, 0.3) is 22.3 Å². The van der Waals surface area contributed by atoms with Crippen LogP contribution in [0.15, 0.2) is 48.5 Å². The van der Waals surface area contributed by atoms with Crippen LogP contribution in [-0.4, -0.2) is 23.6 Å². The number of para-hydroxylation sites is 1. The zero-order valence-corrected chi connectivity index (χ0v) is 13.7. The minimum atomic E-state index is 0.549. The van der Waals surface area contributed by atoms with Gasteiger partial charge in [-0.1, -0.05) is 26.0 Å². The smallest absolute Gasteiger partial charge is 0.162 e. The first-order valence-corrected chi connectivity index (χ1v) is 7.82. The zero-order chi connectivity index (χ0) is 16.2. The second-order valence-electron chi connectivity index (χ2n) is 5.92. The Balaban J connectivity index is 2.06. The van der Waals surface area contributed by atoms with Crippen molar-refractivity contribution in [2.75, 3.05) is 19.0 Å². The first-order chi connectivity index (χ1) is 11.2. The maximum atomic E-state index is 5.21. The summed E-state index contributed by atoms with van der Waals surface area (Å²) in [6, 6.07) is 15.9. The molecule has 0 aliphatic rings. The van der Waals surface area contributed by atoms with Gasteiger partial charge in [0, 0.05) is 17.5 Å². The first kappa shape index (κ1) is 15.3. The predicted octanol–water partition coefficient (Wildman–Crippen LogP) is 4.37. The van der Waals surface area contributed by atoms with Crippen LogP contribution in [0.3, 0.4) is 0 Å². The Morgan fingerprint density at radius 2 is 1.74 bits per heavy atom. The molecule has 0 saturated carbocycles. The quantitative estimate of drug-likeness (QED) is 0.760. The molecule has 2 aromatic carbocycles. The maximum Gasteiger partial charge on any atom is 0.162 e. The normalized spacial score (nSPS) is 11.0. The molecule has 3 rings (SSSR count). The number of anilines is 1. The molecule has 1 N–H and O–H groups in total. The van der Waals surface area contributed by atoms with E-state index in [0.29, 0.717) is 5.92 Å². The lowest BCUT2D eigenvalue weighted by atomic mass is 10.1. The molecule has 0 aliphatic carbocycles. The summed E-state index contributed by atoms with van der Waals surface area (Å²) in [5.41, 5.74) is 1.92. The van der Waals surface area contributed by atoms with E-state index in [0.717, 1.165) is 40.4 Å². The number of ether oxygens (including phenoxy) is 1. The Kier molecular flexibility index (Phi) is 4.42. The summed E-state index contributed by atoms with van der Waals surface area (Å²) in [6.45, 7) is 5.24. The Morgan fingerprint density at radius 3 is 2.43 bits per heavy atom. The number of nitrogens with one attached hydrogen (secondary N) is 1. The van der Waals surface area contributed by atoms with Crippen LogP contribution in [0, 0.1) is 5.92 Å². The van der Waals surface area contributed by atoms with Crippen LogP contribution in [0.4, 0.5) is 5.82 Å². The second-order valence-corrected chi connectivity index (χ2v) is 5.92. The average Bonchev–Trinajstić information content (AvgIpc) is 2.59. The van der Waals surface area contributed by atoms with Gasteiger partial charge in [0.15, 0.2) is 5.82 Å². The van der Waals surface area contributed by atoms with Crippen molar-refractivity contribution in [3.05, 3.63) is 48.5 Å². The number of fused-ring (bicyclic) bond motifs is 1. The molecule has 0 fully saturated rings. The highest BCUT2D eigenvalue weighted by atomic mass is 16.5. The fraction of sp³-hybridized carbons (Fsp3) is 0.263. The average molecular weight is 307 g/mol. The van der Waals surface area contributed by atoms with E-state index in [-0.39, 0.29) is 0 Å². The molecule has 0 aliphatic heterocycles. The molecule has 118 valence electrons. The Hall–Kier alpha value is -2.62. The molecular formula is C19H21N3O. The summed E-state index contributed by atoms with van der Waals surface area (Å²) >= 11 is 0. The summed E-state index contributed by atoms with van der Waals surface area (Å²) < 4.78 is 5.21. The lowest BCUT2D eigenvalue weighted by molar-refractivity contribution is 0.415. The number of hydrogen-bond acceptors (Lipinski definition) is 4. The molecule has 3 aromatic rings. The van der Waals surface area contributed by atoms with E-state index in [1.54, 1.807) is 7.11 Å². The van der Waals surface area contributed by atoms with Crippen molar-refractivity contribution in [3.63, 3.8) is 0 Å². The minimum Gasteiger partial charge on any atom is -0.497 e. The van der Waals surface area contributed by atoms with Gasteiger partial charge in [0.2, 0.25) is 0 Å². The van der Waals surface area contributed by atoms with Crippen LogP contribution in [0.5, 0.6) is 5.75 Å². The summed E-state index contributed by atoms with van der Waals surface area (Å²) in [7, 11) is 1.66. The van der Waals surface area contributed by atoms with Gasteiger partial charge in [0.1, 0.15) is 11.6 Å². The summed E-state index contributed by atoms with van der Waals surface area (Å²) in [5.74, 6) is 2.98. The molecule has 1 heterocycles. The summed E-state index contributed by atoms with van der Waals surface area (Å²) in [4.78, 5) is 9.43. The highest BCUT2D eigenvalue weighted by molar-refractivity contribution is 5.90. The van der Waals surface area contributed by atoms with Gasteiger partial charge in [-0.15, -0.1) is 0 Å². The third-order valence-corrected chi connectivity index (χ3v) is 3.63. The number of aromatic nitrogens is 2. The van der Waals surface area contributed by atoms with Gasteiger partial charge in [0.05, 0.1) is 12.6 Å². The third kappa shape index (κ3) is 3.42. The van der Waals surface area contributed by atoms with Crippen molar-refractivity contribution >= 4 is 16.7 Å². The first-order valence-electron chi connectivity index (χ1n) is 7.82. The fourth-order valence-electron chi connectivity index (χ4n) is 2.38. The van der Waals surface area contributed by atoms with E-state index >= 15 is 0 Å². The van der Waals surface area contributed by atoms with Gasteiger partial charge < -0.3 is 10.1 Å². The number of nitrogens with zero attached hydrogens (tertiary/aromatic N) is 2. The van der Waals surface area contributed by atoms with Crippen LogP contribution >= 0.6 is 0 Å². The fourth-order valence-corrected chi connectivity index (χ4v) is 2.38. The zero-order valence-electron chi connectivity index (χ0n) is 13.7. The van der Waals surface area contributed by atoms with Crippen molar-refractivity contribution in [1.29, 1.82) is 0 Å². The third-order valence-electron chi connectivity index (χ3n) is 3.63. The van der Waals surface area contributed by atoms with Gasteiger partial charge in [-0.25, -0.2) is 9.97 Å². The van der Waals surface area contributed by atoms with E-state index in [1.165, 1.54) is 0 Å². The Bertz CT molecular complexity index is 797. The van der Waals surface area contributed by atoms with Crippen molar-refractivity contribution in [2.24, 2.45) is 5.92 Å². The molecule has 4 heteroatoms. The molecule has 23 heavy (non-hydrogen) atoms. The van der Waals surface area contributed by atoms with E-state index in [9.17, 15) is 0 Å². The van der Waals surface area contributed by atoms with Crippen LogP contribution < -0.4 is 10.1 Å². The molecular weight excluding hydrogens is 286 g/mol. The lowest BCUT2D eigenvalue weighted by Crippen LogP contribution is -2.10. The van der Waals surface area contributed by atoms with Gasteiger partial charge in [-0.05, 0) is 42.3 Å². The van der Waals surface area contributed by atoms with Crippen molar-refractivity contribution in [3.8, 4) is 17.1 Å². The number of benzene rings is 2. The van der Waals surface area contributed by atoms with Crippen LogP contribution in [0.2, 0.25) is 0 Å². The number of methoxy groups -OCH3 is 1. The van der Waals surface area contributed by atoms with E-state index in [2.05, 4.69) is 25.2 Å². The van der Waals surface area contributed by atoms with Crippen molar-refractivity contribution < 1.29 is 4.74 Å². The highest BCUT2D eigenvalue weighted by Gasteiger charge is 2.09. The molecule has 0 unspecified atom stereocenters. The molecule has 0 bridgehead atoms. The summed E-state index contributed by atoms with van der Waals surface area (Å²) in [5, 5.41) is 4.49. The van der Waals surface area contributed by atoms with Gasteiger partial charge in [0.25, 0.3) is 0 Å². The highest BCUT2D eigenvalue weighted by Crippen LogP contribution is 2.26. The standard InChI is InChI=1S/C19H21N3O/c1-13(2)12-20-19-16-6-4-5-7-17(16)21-18(22-19)14-8-10-15(23-3)11-9-14/h4-11,13H,12H2,1-3H3,(H,20,21,22). The van der Waals surface area contributed by atoms with E-state index in [4.69, 9.17) is 14.7 Å². The molecule has 0 amide bonds. The molecule has 0 radical (unpaired) electrons. The number of hydrogen-bond donors (Lipinski definition) is 1.